The topological polar surface area (TPSA) is 165 Å². The Hall–Kier alpha value is -4.00. The number of rotatable bonds is 6. The van der Waals surface area contributed by atoms with Crippen molar-refractivity contribution in [3.05, 3.63) is 73.3 Å². The molecule has 0 bridgehead atoms. The van der Waals surface area contributed by atoms with Crippen LogP contribution in [0.5, 0.6) is 0 Å². The van der Waals surface area contributed by atoms with Crippen LogP contribution in [-0.2, 0) is 6.54 Å². The van der Waals surface area contributed by atoms with Gasteiger partial charge in [-0.2, -0.15) is 5.26 Å². The highest BCUT2D eigenvalue weighted by molar-refractivity contribution is 5.99. The minimum atomic E-state index is -1.07. The van der Waals surface area contributed by atoms with Gasteiger partial charge in [-0.05, 0) is 23.8 Å². The summed E-state index contributed by atoms with van der Waals surface area (Å²) < 4.78 is 0. The Balaban J connectivity index is 2.43. The number of nitrogens with one attached hydrogen (secondary N) is 1. The lowest BCUT2D eigenvalue weighted by atomic mass is 10.1. The SMILES string of the molecule is N#Cc1cccc(CNc2cc(C(N)=O)c([N+](=O)[O-])cc2[N+](=O)[O-])c1. The molecule has 0 heterocycles. The molecule has 0 saturated carbocycles. The Morgan fingerprint density at radius 2 is 1.84 bits per heavy atom. The number of amides is 1. The maximum absolute atomic E-state index is 11.4. The van der Waals surface area contributed by atoms with Gasteiger partial charge in [-0.25, -0.2) is 0 Å². The van der Waals surface area contributed by atoms with Gasteiger partial charge < -0.3 is 11.1 Å². The van der Waals surface area contributed by atoms with Crippen LogP contribution < -0.4 is 11.1 Å². The second kappa shape index (κ2) is 7.05. The number of primary amides is 1. The van der Waals surface area contributed by atoms with E-state index < -0.39 is 32.7 Å². The van der Waals surface area contributed by atoms with Gasteiger partial charge in [0, 0.05) is 6.54 Å². The number of nitriles is 1. The van der Waals surface area contributed by atoms with Gasteiger partial charge in [-0.3, -0.25) is 25.0 Å². The summed E-state index contributed by atoms with van der Waals surface area (Å²) in [5, 5.41) is 33.8. The first-order valence-corrected chi connectivity index (χ1v) is 6.83. The maximum Gasteiger partial charge on any atom is 0.299 e. The molecule has 10 heteroatoms. The molecule has 126 valence electrons. The van der Waals surface area contributed by atoms with Gasteiger partial charge in [-0.15, -0.1) is 0 Å². The van der Waals surface area contributed by atoms with Gasteiger partial charge in [-0.1, -0.05) is 12.1 Å². The van der Waals surface area contributed by atoms with Gasteiger partial charge in [0.25, 0.3) is 17.3 Å². The number of benzene rings is 2. The molecular formula is C15H11N5O5. The molecule has 0 aliphatic heterocycles. The van der Waals surface area contributed by atoms with E-state index in [1.54, 1.807) is 24.3 Å². The third-order valence-corrected chi connectivity index (χ3v) is 3.31. The van der Waals surface area contributed by atoms with Crippen LogP contribution in [0.3, 0.4) is 0 Å². The third kappa shape index (κ3) is 3.85. The quantitative estimate of drug-likeness (QED) is 0.599. The van der Waals surface area contributed by atoms with Gasteiger partial charge in [0.05, 0.1) is 27.5 Å². The average molecular weight is 341 g/mol. The van der Waals surface area contributed by atoms with Crippen molar-refractivity contribution in [3.63, 3.8) is 0 Å². The maximum atomic E-state index is 11.4. The lowest BCUT2D eigenvalue weighted by Crippen LogP contribution is -2.15. The van der Waals surface area contributed by atoms with Crippen molar-refractivity contribution >= 4 is 23.0 Å². The van der Waals surface area contributed by atoms with Crippen molar-refractivity contribution in [2.45, 2.75) is 6.54 Å². The minimum Gasteiger partial charge on any atom is -0.375 e. The van der Waals surface area contributed by atoms with Crippen molar-refractivity contribution in [3.8, 4) is 6.07 Å². The summed E-state index contributed by atoms with van der Waals surface area (Å²) in [5.41, 5.74) is 4.35. The lowest BCUT2D eigenvalue weighted by Gasteiger charge is -2.09. The predicted octanol–water partition coefficient (Wildman–Crippen LogP) is 2.09. The van der Waals surface area contributed by atoms with Gasteiger partial charge in [0.1, 0.15) is 11.3 Å². The molecule has 2 aromatic rings. The molecule has 0 atom stereocenters. The molecule has 10 nitrogen and oxygen atoms in total. The van der Waals surface area contributed by atoms with Crippen molar-refractivity contribution in [2.75, 3.05) is 5.32 Å². The van der Waals surface area contributed by atoms with Crippen LogP contribution in [0.2, 0.25) is 0 Å². The summed E-state index contributed by atoms with van der Waals surface area (Å²) >= 11 is 0. The summed E-state index contributed by atoms with van der Waals surface area (Å²) in [5.74, 6) is -1.07. The fourth-order valence-corrected chi connectivity index (χ4v) is 2.17. The predicted molar refractivity (Wildman–Crippen MR) is 86.8 cm³/mol. The van der Waals surface area contributed by atoms with E-state index in [0.717, 1.165) is 6.07 Å². The fraction of sp³-hybridized carbons (Fsp3) is 0.0667. The number of nitro groups is 2. The number of nitrogens with two attached hydrogens (primary N) is 1. The van der Waals surface area contributed by atoms with E-state index in [4.69, 9.17) is 11.0 Å². The molecule has 0 aliphatic rings. The van der Waals surface area contributed by atoms with Crippen LogP contribution in [0.15, 0.2) is 36.4 Å². The van der Waals surface area contributed by atoms with E-state index in [1.807, 2.05) is 6.07 Å². The molecular weight excluding hydrogens is 330 g/mol. The van der Waals surface area contributed by atoms with Crippen molar-refractivity contribution < 1.29 is 14.6 Å². The average Bonchev–Trinajstić information content (AvgIpc) is 2.58. The number of anilines is 1. The molecule has 1 amide bonds. The molecule has 0 spiro atoms. The van der Waals surface area contributed by atoms with Gasteiger partial charge in [0.15, 0.2) is 0 Å². The highest BCUT2D eigenvalue weighted by atomic mass is 16.6. The highest BCUT2D eigenvalue weighted by Crippen LogP contribution is 2.32. The molecule has 2 aromatic carbocycles. The first kappa shape index (κ1) is 17.4. The monoisotopic (exact) mass is 341 g/mol. The van der Waals surface area contributed by atoms with E-state index in [9.17, 15) is 25.0 Å². The van der Waals surface area contributed by atoms with E-state index in [-0.39, 0.29) is 12.2 Å². The second-order valence-electron chi connectivity index (χ2n) is 4.93. The van der Waals surface area contributed by atoms with Crippen LogP contribution in [0.1, 0.15) is 21.5 Å². The summed E-state index contributed by atoms with van der Waals surface area (Å²) in [4.78, 5) is 31.9. The first-order chi connectivity index (χ1) is 11.8. The van der Waals surface area contributed by atoms with Crippen LogP contribution in [0.25, 0.3) is 0 Å². The minimum absolute atomic E-state index is 0.0910. The van der Waals surface area contributed by atoms with Crippen LogP contribution >= 0.6 is 0 Å². The fourth-order valence-electron chi connectivity index (χ4n) is 2.17. The van der Waals surface area contributed by atoms with E-state index in [2.05, 4.69) is 5.32 Å². The summed E-state index contributed by atoms with van der Waals surface area (Å²) in [6.07, 6.45) is 0. The number of carbonyl (C=O) groups excluding carboxylic acids is 1. The second-order valence-corrected chi connectivity index (χ2v) is 4.93. The number of nitrogens with zero attached hydrogens (tertiary/aromatic N) is 3. The Morgan fingerprint density at radius 3 is 2.40 bits per heavy atom. The number of hydrogen-bond donors (Lipinski definition) is 2. The largest absolute Gasteiger partial charge is 0.375 e. The summed E-state index contributed by atoms with van der Waals surface area (Å²) in [6.45, 7) is 0.104. The first-order valence-electron chi connectivity index (χ1n) is 6.83. The Labute approximate surface area is 140 Å². The zero-order chi connectivity index (χ0) is 18.6. The standard InChI is InChI=1S/C15H11N5O5/c16-7-9-2-1-3-10(4-9)8-18-12-5-11(15(17)21)13(19(22)23)6-14(12)20(24)25/h1-6,18H,8H2,(H2,17,21). The molecule has 2 rings (SSSR count). The zero-order valence-corrected chi connectivity index (χ0v) is 12.6. The highest BCUT2D eigenvalue weighted by Gasteiger charge is 2.26. The van der Waals surface area contributed by atoms with Crippen molar-refractivity contribution in [1.29, 1.82) is 5.26 Å². The van der Waals surface area contributed by atoms with Crippen molar-refractivity contribution in [1.82, 2.24) is 0 Å². The molecule has 0 aliphatic carbocycles. The molecule has 0 fully saturated rings. The third-order valence-electron chi connectivity index (χ3n) is 3.31. The molecule has 0 radical (unpaired) electrons. The molecule has 0 unspecified atom stereocenters. The van der Waals surface area contributed by atoms with E-state index >= 15 is 0 Å². The van der Waals surface area contributed by atoms with Gasteiger partial charge in [0.2, 0.25) is 0 Å². The molecule has 3 N–H and O–H groups in total. The van der Waals surface area contributed by atoms with Crippen LogP contribution in [0, 0.1) is 31.6 Å². The summed E-state index contributed by atoms with van der Waals surface area (Å²) in [6, 6.07) is 10.2. The Kier molecular flexibility index (Phi) is 4.89. The van der Waals surface area contributed by atoms with Crippen LogP contribution in [0.4, 0.5) is 17.1 Å². The molecule has 0 saturated heterocycles. The molecule has 25 heavy (non-hydrogen) atoms. The summed E-state index contributed by atoms with van der Waals surface area (Å²) in [7, 11) is 0. The van der Waals surface area contributed by atoms with Gasteiger partial charge >= 0.3 is 0 Å². The smallest absolute Gasteiger partial charge is 0.299 e. The van der Waals surface area contributed by atoms with E-state index in [1.165, 1.54) is 0 Å². The normalized spacial score (nSPS) is 9.88. The Bertz CT molecular complexity index is 919. The van der Waals surface area contributed by atoms with E-state index in [0.29, 0.717) is 17.2 Å². The van der Waals surface area contributed by atoms with Crippen LogP contribution in [-0.4, -0.2) is 15.8 Å². The Morgan fingerprint density at radius 1 is 1.16 bits per heavy atom. The number of hydrogen-bond acceptors (Lipinski definition) is 7. The lowest BCUT2D eigenvalue weighted by molar-refractivity contribution is -0.393. The number of nitro benzene ring substituents is 2. The van der Waals surface area contributed by atoms with Crippen molar-refractivity contribution in [2.24, 2.45) is 5.73 Å². The molecule has 0 aromatic heterocycles. The number of carbonyl (C=O) groups is 1. The zero-order valence-electron chi connectivity index (χ0n) is 12.6.